The lowest BCUT2D eigenvalue weighted by atomic mass is 10.0. The molecule has 49 heavy (non-hydrogen) atoms. The van der Waals surface area contributed by atoms with Gasteiger partial charge in [-0.2, -0.15) is 0 Å². The van der Waals surface area contributed by atoms with E-state index < -0.39 is 28.5 Å². The van der Waals surface area contributed by atoms with Crippen LogP contribution in [0.15, 0.2) is 95.9 Å². The smallest absolute Gasteiger partial charge is 0.264 e. The predicted octanol–water partition coefficient (Wildman–Crippen LogP) is 7.07. The average molecular weight is 727 g/mol. The van der Waals surface area contributed by atoms with Gasteiger partial charge in [0.2, 0.25) is 11.8 Å². The van der Waals surface area contributed by atoms with Gasteiger partial charge in [-0.15, -0.1) is 0 Å². The van der Waals surface area contributed by atoms with Gasteiger partial charge in [-0.05, 0) is 60.9 Å². The van der Waals surface area contributed by atoms with Gasteiger partial charge < -0.3 is 19.7 Å². The molecule has 9 nitrogen and oxygen atoms in total. The Bertz CT molecular complexity index is 1840. The number of anilines is 1. The molecule has 0 bridgehead atoms. The first-order chi connectivity index (χ1) is 23.5. The van der Waals surface area contributed by atoms with Crippen LogP contribution in [0.3, 0.4) is 0 Å². The number of unbranched alkanes of at least 4 members (excludes halogenated alkanes) is 1. The zero-order chi connectivity index (χ0) is 35.6. The fourth-order valence-corrected chi connectivity index (χ4v) is 7.12. The van der Waals surface area contributed by atoms with Crippen LogP contribution in [0.2, 0.25) is 10.0 Å². The van der Waals surface area contributed by atoms with Crippen molar-refractivity contribution < 1.29 is 27.5 Å². The highest BCUT2D eigenvalue weighted by Gasteiger charge is 2.36. The Morgan fingerprint density at radius 3 is 2.24 bits per heavy atom. The van der Waals surface area contributed by atoms with Crippen molar-refractivity contribution in [2.45, 2.75) is 50.6 Å². The number of hydrogen-bond donors (Lipinski definition) is 1. The van der Waals surface area contributed by atoms with Crippen molar-refractivity contribution in [3.05, 3.63) is 118 Å². The summed E-state index contributed by atoms with van der Waals surface area (Å²) in [5.41, 5.74) is 2.30. The number of hydrogen-bond acceptors (Lipinski definition) is 6. The van der Waals surface area contributed by atoms with Crippen LogP contribution < -0.4 is 19.1 Å². The number of nitrogens with zero attached hydrogens (tertiary/aromatic N) is 2. The number of aryl methyl sites for hydroxylation is 1. The quantitative estimate of drug-likeness (QED) is 0.124. The van der Waals surface area contributed by atoms with Gasteiger partial charge in [0.05, 0.1) is 24.8 Å². The fourth-order valence-electron chi connectivity index (χ4n) is 5.24. The van der Waals surface area contributed by atoms with Gasteiger partial charge in [0, 0.05) is 35.6 Å². The summed E-state index contributed by atoms with van der Waals surface area (Å²) in [5.74, 6) is -0.454. The highest BCUT2D eigenvalue weighted by molar-refractivity contribution is 7.92. The Morgan fingerprint density at radius 1 is 0.898 bits per heavy atom. The van der Waals surface area contributed by atoms with Crippen LogP contribution in [0.4, 0.5) is 5.69 Å². The number of amides is 2. The number of ether oxygens (including phenoxy) is 2. The van der Waals surface area contributed by atoms with E-state index in [4.69, 9.17) is 32.7 Å². The Kier molecular flexibility index (Phi) is 13.4. The topological polar surface area (TPSA) is 105 Å². The monoisotopic (exact) mass is 725 g/mol. The van der Waals surface area contributed by atoms with Crippen molar-refractivity contribution in [1.29, 1.82) is 0 Å². The second-order valence-corrected chi connectivity index (χ2v) is 14.2. The van der Waals surface area contributed by atoms with E-state index in [1.165, 1.54) is 37.3 Å². The summed E-state index contributed by atoms with van der Waals surface area (Å²) < 4.78 is 40.9. The van der Waals surface area contributed by atoms with Crippen LogP contribution in [0.25, 0.3) is 0 Å². The molecule has 1 atom stereocenters. The van der Waals surface area contributed by atoms with E-state index in [-0.39, 0.29) is 35.2 Å². The highest BCUT2D eigenvalue weighted by Crippen LogP contribution is 2.36. The predicted molar refractivity (Wildman–Crippen MR) is 194 cm³/mol. The third-order valence-corrected chi connectivity index (χ3v) is 10.4. The molecule has 0 saturated carbocycles. The molecule has 0 saturated heterocycles. The fraction of sp³-hybridized carbons (Fsp3) is 0.297. The van der Waals surface area contributed by atoms with Gasteiger partial charge in [-0.1, -0.05) is 90.6 Å². The molecule has 4 rings (SSSR count). The van der Waals surface area contributed by atoms with Crippen molar-refractivity contribution in [3.63, 3.8) is 0 Å². The Labute approximate surface area is 298 Å². The molecule has 260 valence electrons. The zero-order valence-corrected chi connectivity index (χ0v) is 30.3. The van der Waals surface area contributed by atoms with E-state index in [2.05, 4.69) is 5.32 Å². The summed E-state index contributed by atoms with van der Waals surface area (Å²) in [7, 11) is -1.49. The Morgan fingerprint density at radius 2 is 1.61 bits per heavy atom. The molecule has 0 aliphatic heterocycles. The summed E-state index contributed by atoms with van der Waals surface area (Å²) in [5, 5.41) is 3.68. The molecular formula is C37H41Cl2N3O6S. The maximum absolute atomic E-state index is 14.8. The molecule has 4 aromatic rings. The normalized spacial score (nSPS) is 11.8. The summed E-state index contributed by atoms with van der Waals surface area (Å²) >= 11 is 12.8. The van der Waals surface area contributed by atoms with E-state index >= 15 is 0 Å². The maximum Gasteiger partial charge on any atom is 0.264 e. The molecule has 0 heterocycles. The minimum absolute atomic E-state index is 0.0267. The average Bonchev–Trinajstić information content (AvgIpc) is 3.09. The molecule has 1 N–H and O–H groups in total. The number of rotatable bonds is 16. The Balaban J connectivity index is 1.87. The Hall–Kier alpha value is -4.25. The van der Waals surface area contributed by atoms with Gasteiger partial charge in [0.15, 0.2) is 0 Å². The first kappa shape index (κ1) is 37.6. The van der Waals surface area contributed by atoms with Gasteiger partial charge in [0.1, 0.15) is 24.1 Å². The van der Waals surface area contributed by atoms with E-state index in [1.807, 2.05) is 44.2 Å². The molecule has 0 spiro atoms. The van der Waals surface area contributed by atoms with Crippen LogP contribution in [0.5, 0.6) is 11.5 Å². The van der Waals surface area contributed by atoms with Crippen LogP contribution >= 0.6 is 23.2 Å². The van der Waals surface area contributed by atoms with Crippen molar-refractivity contribution in [2.75, 3.05) is 31.6 Å². The van der Waals surface area contributed by atoms with E-state index in [1.54, 1.807) is 42.5 Å². The largest absolute Gasteiger partial charge is 0.497 e. The first-order valence-electron chi connectivity index (χ1n) is 15.8. The van der Waals surface area contributed by atoms with Crippen LogP contribution in [0, 0.1) is 6.92 Å². The minimum atomic E-state index is -4.36. The van der Waals surface area contributed by atoms with Gasteiger partial charge >= 0.3 is 0 Å². The lowest BCUT2D eigenvalue weighted by Crippen LogP contribution is -2.53. The number of benzene rings is 4. The lowest BCUT2D eigenvalue weighted by molar-refractivity contribution is -0.140. The van der Waals surface area contributed by atoms with Crippen LogP contribution in [-0.4, -0.2) is 58.5 Å². The molecule has 0 aliphatic carbocycles. The third-order valence-electron chi connectivity index (χ3n) is 8.00. The highest BCUT2D eigenvalue weighted by atomic mass is 35.5. The van der Waals surface area contributed by atoms with Crippen molar-refractivity contribution in [3.8, 4) is 11.5 Å². The molecule has 1 unspecified atom stereocenters. The van der Waals surface area contributed by atoms with Gasteiger partial charge in [-0.3, -0.25) is 13.9 Å². The third kappa shape index (κ3) is 9.68. The molecule has 4 aromatic carbocycles. The number of halogens is 2. The number of methoxy groups -OCH3 is 2. The van der Waals surface area contributed by atoms with Gasteiger partial charge in [-0.25, -0.2) is 8.42 Å². The first-order valence-corrected chi connectivity index (χ1v) is 18.0. The zero-order valence-electron chi connectivity index (χ0n) is 28.0. The molecule has 2 amide bonds. The maximum atomic E-state index is 14.8. The second-order valence-electron chi connectivity index (χ2n) is 11.5. The van der Waals surface area contributed by atoms with E-state index in [9.17, 15) is 18.0 Å². The van der Waals surface area contributed by atoms with Crippen LogP contribution in [-0.2, 0) is 32.6 Å². The summed E-state index contributed by atoms with van der Waals surface area (Å²) in [6.07, 6.45) is 1.78. The lowest BCUT2D eigenvalue weighted by Gasteiger charge is -2.34. The molecule has 0 aliphatic rings. The van der Waals surface area contributed by atoms with Crippen molar-refractivity contribution in [1.82, 2.24) is 10.2 Å². The van der Waals surface area contributed by atoms with E-state index in [0.29, 0.717) is 27.9 Å². The van der Waals surface area contributed by atoms with Crippen molar-refractivity contribution >= 4 is 50.7 Å². The number of nitrogens with one attached hydrogen (secondary N) is 1. The number of sulfonamides is 1. The minimum Gasteiger partial charge on any atom is -0.497 e. The number of carbonyl (C=O) groups is 2. The SMILES string of the molecule is CCCCNC(=O)C(Cc1ccccc1)N(Cc1ccc(Cl)cc1Cl)C(=O)CN(c1cc(OC)ccc1OC)S(=O)(=O)c1ccc(C)cc1. The molecular weight excluding hydrogens is 685 g/mol. The van der Waals surface area contributed by atoms with Gasteiger partial charge in [0.25, 0.3) is 10.0 Å². The molecule has 0 radical (unpaired) electrons. The molecule has 12 heteroatoms. The summed E-state index contributed by atoms with van der Waals surface area (Å²) in [6, 6.07) is 24.2. The second kappa shape index (κ2) is 17.4. The van der Waals surface area contributed by atoms with Crippen molar-refractivity contribution in [2.24, 2.45) is 0 Å². The molecule has 0 fully saturated rings. The van der Waals surface area contributed by atoms with Crippen LogP contribution in [0.1, 0.15) is 36.5 Å². The standard InChI is InChI=1S/C37H41Cl2N3O6S/c1-5-6-20-40-37(44)34(21-27-10-8-7-9-11-27)41(24-28-14-15-29(38)22-32(28)39)36(43)25-42(33-23-30(47-3)16-19-35(33)48-4)49(45,46)31-17-12-26(2)13-18-31/h7-19,22-23,34H,5-6,20-21,24-25H2,1-4H3,(H,40,44). The number of carbonyl (C=O) groups excluding carboxylic acids is 2. The molecule has 0 aromatic heterocycles. The van der Waals surface area contributed by atoms with E-state index in [0.717, 1.165) is 28.3 Å². The summed E-state index contributed by atoms with van der Waals surface area (Å²) in [6.45, 7) is 3.52. The summed E-state index contributed by atoms with van der Waals surface area (Å²) in [4.78, 5) is 30.1.